The lowest BCUT2D eigenvalue weighted by Crippen LogP contribution is -2.60. The van der Waals surface area contributed by atoms with E-state index in [9.17, 15) is 67.4 Å². The van der Waals surface area contributed by atoms with E-state index in [0.717, 1.165) is 0 Å². The summed E-state index contributed by atoms with van der Waals surface area (Å²) in [6.07, 6.45) is -5.38. The molecule has 0 unspecified atom stereocenters. The van der Waals surface area contributed by atoms with E-state index in [-0.39, 0.29) is 0 Å². The Bertz CT molecular complexity index is 1500. The number of aliphatic carboxylic acids is 1. The van der Waals surface area contributed by atoms with Crippen molar-refractivity contribution in [3.05, 3.63) is 0 Å². The summed E-state index contributed by atoms with van der Waals surface area (Å²) in [4.78, 5) is 157. The molecule has 0 spiro atoms. The number of hydrogen-bond donors (Lipinski definition) is 14. The van der Waals surface area contributed by atoms with E-state index in [0.29, 0.717) is 0 Å². The van der Waals surface area contributed by atoms with Crippen molar-refractivity contribution in [1.82, 2.24) is 31.9 Å². The summed E-state index contributed by atoms with van der Waals surface area (Å²) >= 11 is 0. The van der Waals surface area contributed by atoms with Crippen LogP contribution in [0.1, 0.15) is 38.5 Å². The third kappa shape index (κ3) is 19.2. The van der Waals surface area contributed by atoms with Gasteiger partial charge in [0.1, 0.15) is 30.2 Å². The van der Waals surface area contributed by atoms with Gasteiger partial charge in [0, 0.05) is 0 Å². The Morgan fingerprint density at radius 2 is 0.660 bits per heavy atom. The van der Waals surface area contributed by atoms with Crippen molar-refractivity contribution in [2.45, 2.75) is 74.8 Å². The molecule has 0 aliphatic heterocycles. The monoisotopic (exact) mass is 759 g/mol. The first-order chi connectivity index (χ1) is 24.4. The molecule has 12 amide bonds. The molecular formula is C26H41N13O14. The van der Waals surface area contributed by atoms with Crippen LogP contribution in [-0.2, 0) is 62.3 Å². The predicted molar refractivity (Wildman–Crippen MR) is 171 cm³/mol. The average Bonchev–Trinajstić information content (AvgIpc) is 3.00. The summed E-state index contributed by atoms with van der Waals surface area (Å²) in [5.74, 6) is -16.3. The summed E-state index contributed by atoms with van der Waals surface area (Å²) in [6.45, 7) is -0.847. The lowest BCUT2D eigenvalue weighted by molar-refractivity contribution is -0.144. The molecule has 0 heterocycles. The number of primary amides is 6. The van der Waals surface area contributed by atoms with Crippen molar-refractivity contribution in [1.29, 1.82) is 0 Å². The molecule has 53 heavy (non-hydrogen) atoms. The molecule has 0 aliphatic carbocycles. The van der Waals surface area contributed by atoms with Gasteiger partial charge < -0.3 is 77.1 Å². The minimum Gasteiger partial charge on any atom is -0.480 e. The van der Waals surface area contributed by atoms with E-state index in [1.54, 1.807) is 0 Å². The first-order valence-corrected chi connectivity index (χ1v) is 14.9. The molecule has 0 fully saturated rings. The van der Waals surface area contributed by atoms with Crippen LogP contribution >= 0.6 is 0 Å². The standard InChI is InChI=1S/C26H41N13O14/c27-8(1-14(28)40)21(47)34-7-20(46)35-9(2-15(29)41)22(48)36-10(3-16(30)42)23(49)37-11(4-17(31)43)24(50)38-12(5-18(32)44)25(51)39-13(26(52)53)6-19(33)45/h8-13H,1-7,27H2,(H2,28,40)(H2,29,41)(H2,30,42)(H2,31,43)(H2,32,44)(H2,33,45)(H,34,47)(H,35,46)(H,36,48)(H,37,49)(H,38,50)(H,39,51)(H,52,53)/t8-,9-,10-,11-,12-,13-/m0/s1. The molecule has 0 aromatic carbocycles. The van der Waals surface area contributed by atoms with Crippen molar-refractivity contribution < 1.29 is 67.4 Å². The van der Waals surface area contributed by atoms with Gasteiger partial charge in [0.05, 0.1) is 51.1 Å². The smallest absolute Gasteiger partial charge is 0.326 e. The molecule has 0 aliphatic rings. The van der Waals surface area contributed by atoms with E-state index in [1.807, 2.05) is 31.9 Å². The fraction of sp³-hybridized carbons (Fsp3) is 0.500. The van der Waals surface area contributed by atoms with Gasteiger partial charge in [-0.15, -0.1) is 0 Å². The third-order valence-electron chi connectivity index (χ3n) is 6.37. The maximum Gasteiger partial charge on any atom is 0.326 e. The van der Waals surface area contributed by atoms with Crippen LogP contribution in [0.2, 0.25) is 0 Å². The van der Waals surface area contributed by atoms with Crippen molar-refractivity contribution in [3.8, 4) is 0 Å². The fourth-order valence-corrected chi connectivity index (χ4v) is 3.99. The molecule has 6 atom stereocenters. The Hall–Kier alpha value is -6.93. The Morgan fingerprint density at radius 3 is 0.943 bits per heavy atom. The Labute approximate surface area is 297 Å². The number of nitrogens with two attached hydrogens (primary N) is 7. The summed E-state index contributed by atoms with van der Waals surface area (Å²) in [5.41, 5.74) is 35.9. The minimum atomic E-state index is -2.03. The number of carbonyl (C=O) groups is 13. The summed E-state index contributed by atoms with van der Waals surface area (Å²) in [7, 11) is 0. The molecule has 0 rings (SSSR count). The second-order valence-electron chi connectivity index (χ2n) is 11.0. The first-order valence-electron chi connectivity index (χ1n) is 14.9. The van der Waals surface area contributed by atoms with Crippen LogP contribution in [0.4, 0.5) is 0 Å². The number of carboxylic acids is 1. The van der Waals surface area contributed by atoms with Crippen molar-refractivity contribution >= 4 is 76.9 Å². The molecule has 294 valence electrons. The highest BCUT2D eigenvalue weighted by Crippen LogP contribution is 2.03. The van der Waals surface area contributed by atoms with Crippen LogP contribution in [0.15, 0.2) is 0 Å². The first kappa shape index (κ1) is 46.1. The maximum absolute atomic E-state index is 13.2. The fourth-order valence-electron chi connectivity index (χ4n) is 3.99. The van der Waals surface area contributed by atoms with Crippen LogP contribution in [-0.4, -0.2) is 125 Å². The zero-order valence-electron chi connectivity index (χ0n) is 27.7. The third-order valence-corrected chi connectivity index (χ3v) is 6.37. The van der Waals surface area contributed by atoms with Crippen LogP contribution in [0.25, 0.3) is 0 Å². The summed E-state index contributed by atoms with van der Waals surface area (Å²) < 4.78 is 0. The van der Waals surface area contributed by atoms with E-state index in [2.05, 4.69) is 0 Å². The van der Waals surface area contributed by atoms with Gasteiger partial charge in [-0.3, -0.25) is 57.5 Å². The van der Waals surface area contributed by atoms with Crippen LogP contribution < -0.4 is 72.0 Å². The lowest BCUT2D eigenvalue weighted by Gasteiger charge is -2.26. The van der Waals surface area contributed by atoms with E-state index in [4.69, 9.17) is 40.1 Å². The zero-order valence-corrected chi connectivity index (χ0v) is 27.7. The second-order valence-corrected chi connectivity index (χ2v) is 11.0. The molecule has 0 saturated carbocycles. The molecule has 21 N–H and O–H groups in total. The van der Waals surface area contributed by atoms with Gasteiger partial charge >= 0.3 is 5.97 Å². The van der Waals surface area contributed by atoms with Gasteiger partial charge in [0.15, 0.2) is 0 Å². The predicted octanol–water partition coefficient (Wildman–Crippen LogP) is -10.8. The molecule has 0 saturated heterocycles. The Kier molecular flexibility index (Phi) is 19.1. The van der Waals surface area contributed by atoms with Gasteiger partial charge in [0.25, 0.3) is 0 Å². The van der Waals surface area contributed by atoms with Crippen molar-refractivity contribution in [3.63, 3.8) is 0 Å². The Morgan fingerprint density at radius 1 is 0.396 bits per heavy atom. The van der Waals surface area contributed by atoms with Crippen LogP contribution in [0.3, 0.4) is 0 Å². The molecule has 0 radical (unpaired) electrons. The van der Waals surface area contributed by atoms with E-state index < -0.39 is 158 Å². The zero-order chi connectivity index (χ0) is 41.2. The second kappa shape index (κ2) is 22.0. The minimum absolute atomic E-state index is 0.569. The molecule has 0 aromatic rings. The van der Waals surface area contributed by atoms with E-state index >= 15 is 0 Å². The number of carboxylic acid groups (broad SMARTS) is 1. The number of rotatable bonds is 25. The van der Waals surface area contributed by atoms with Crippen LogP contribution in [0, 0.1) is 0 Å². The number of amides is 12. The highest BCUT2D eigenvalue weighted by molar-refractivity contribution is 6.00. The number of hydrogen-bond acceptors (Lipinski definition) is 14. The van der Waals surface area contributed by atoms with Gasteiger partial charge in [-0.1, -0.05) is 0 Å². The highest BCUT2D eigenvalue weighted by atomic mass is 16.4. The Balaban J connectivity index is 6.11. The normalized spacial score (nSPS) is 13.8. The van der Waals surface area contributed by atoms with Gasteiger partial charge in [0.2, 0.25) is 70.9 Å². The molecule has 27 nitrogen and oxygen atoms in total. The maximum atomic E-state index is 13.2. The quantitative estimate of drug-likeness (QED) is 0.0411. The molecule has 27 heteroatoms. The molecule has 0 bridgehead atoms. The SMILES string of the molecule is NC(=O)C[C@H](NC(=O)[C@H](CC(N)=O)NC(=O)[C@H](CC(N)=O)NC(=O)[C@H](CC(N)=O)NC(=O)[C@H](CC(N)=O)NC(=O)CNC(=O)[C@@H](N)CC(N)=O)C(=O)O. The highest BCUT2D eigenvalue weighted by Gasteiger charge is 2.35. The van der Waals surface area contributed by atoms with Crippen molar-refractivity contribution in [2.75, 3.05) is 6.54 Å². The van der Waals surface area contributed by atoms with Crippen molar-refractivity contribution in [2.24, 2.45) is 40.1 Å². The topological polar surface area (TPSA) is 496 Å². The van der Waals surface area contributed by atoms with Gasteiger partial charge in [-0.2, -0.15) is 0 Å². The molecular weight excluding hydrogens is 718 g/mol. The average molecular weight is 760 g/mol. The van der Waals surface area contributed by atoms with E-state index in [1.165, 1.54) is 0 Å². The van der Waals surface area contributed by atoms with Crippen LogP contribution in [0.5, 0.6) is 0 Å². The lowest BCUT2D eigenvalue weighted by atomic mass is 10.1. The molecule has 0 aromatic heterocycles. The summed E-state index contributed by atoms with van der Waals surface area (Å²) in [5, 5.41) is 21.1. The number of carbonyl (C=O) groups excluding carboxylic acids is 12. The summed E-state index contributed by atoms with van der Waals surface area (Å²) in [6, 6.07) is -11.2. The largest absolute Gasteiger partial charge is 0.480 e. The number of nitrogens with one attached hydrogen (secondary N) is 6. The van der Waals surface area contributed by atoms with Gasteiger partial charge in [-0.05, 0) is 0 Å². The van der Waals surface area contributed by atoms with Gasteiger partial charge in [-0.25, -0.2) is 4.79 Å².